The molecule has 146 valence electrons. The quantitative estimate of drug-likeness (QED) is 0.373. The molecule has 0 bridgehead atoms. The molecule has 3 amide bonds. The zero-order valence-electron chi connectivity index (χ0n) is 15.1. The summed E-state index contributed by atoms with van der Waals surface area (Å²) in [5.41, 5.74) is 3.12. The van der Waals surface area contributed by atoms with Crippen molar-refractivity contribution in [1.29, 1.82) is 0 Å². The second-order valence-corrected chi connectivity index (χ2v) is 5.82. The molecule has 0 aliphatic heterocycles. The Bertz CT molecular complexity index is 886. The van der Waals surface area contributed by atoms with Crippen LogP contribution < -0.4 is 20.8 Å². The fraction of sp³-hybridized carbons (Fsp3) is 0.158. The smallest absolute Gasteiger partial charge is 0.329 e. The maximum Gasteiger partial charge on any atom is 0.329 e. The molecule has 2 rings (SSSR count). The van der Waals surface area contributed by atoms with Gasteiger partial charge in [-0.2, -0.15) is 5.10 Å². The minimum Gasteiger partial charge on any atom is -0.483 e. The van der Waals surface area contributed by atoms with Crippen LogP contribution in [0.15, 0.2) is 53.6 Å². The number of hydrazone groups is 1. The summed E-state index contributed by atoms with van der Waals surface area (Å²) in [4.78, 5) is 34.9. The van der Waals surface area contributed by atoms with E-state index < -0.39 is 11.8 Å². The van der Waals surface area contributed by atoms with Crippen molar-refractivity contribution in [3.05, 3.63) is 59.1 Å². The van der Waals surface area contributed by atoms with E-state index >= 15 is 0 Å². The summed E-state index contributed by atoms with van der Waals surface area (Å²) in [5, 5.41) is 9.16. The van der Waals surface area contributed by atoms with E-state index in [-0.39, 0.29) is 12.5 Å². The van der Waals surface area contributed by atoms with Crippen LogP contribution in [-0.4, -0.2) is 37.1 Å². The van der Waals surface area contributed by atoms with Crippen LogP contribution in [0.4, 0.5) is 5.69 Å². The first-order chi connectivity index (χ1) is 13.5. The van der Waals surface area contributed by atoms with Gasteiger partial charge in [0.25, 0.3) is 5.91 Å². The zero-order chi connectivity index (χ0) is 20.4. The molecule has 9 heteroatoms. The number of ether oxygens (including phenoxy) is 1. The summed E-state index contributed by atoms with van der Waals surface area (Å²) < 4.78 is 5.52. The Morgan fingerprint density at radius 2 is 1.79 bits per heavy atom. The lowest BCUT2D eigenvalue weighted by Gasteiger charge is -2.10. The van der Waals surface area contributed by atoms with Crippen molar-refractivity contribution in [1.82, 2.24) is 10.7 Å². The molecule has 0 saturated carbocycles. The predicted molar refractivity (Wildman–Crippen MR) is 106 cm³/mol. The Hall–Kier alpha value is -3.39. The van der Waals surface area contributed by atoms with E-state index in [0.717, 1.165) is 0 Å². The molecule has 0 spiro atoms. The van der Waals surface area contributed by atoms with Crippen molar-refractivity contribution in [2.24, 2.45) is 5.10 Å². The minimum absolute atomic E-state index is 0.249. The lowest BCUT2D eigenvalue weighted by Crippen LogP contribution is -2.37. The van der Waals surface area contributed by atoms with Crippen molar-refractivity contribution in [2.75, 3.05) is 18.5 Å². The molecule has 0 aliphatic rings. The molecule has 28 heavy (non-hydrogen) atoms. The number of rotatable bonds is 7. The summed E-state index contributed by atoms with van der Waals surface area (Å²) in [6.07, 6.45) is 1.32. The fourth-order valence-corrected chi connectivity index (χ4v) is 2.25. The monoisotopic (exact) mass is 402 g/mol. The SMILES string of the molecule is CCNC(=O)C(=O)N/N=C\c1ccccc1OCC(=O)Nc1ccccc1Cl. The molecule has 3 N–H and O–H groups in total. The second kappa shape index (κ2) is 10.7. The van der Waals surface area contributed by atoms with E-state index in [1.54, 1.807) is 55.5 Å². The zero-order valence-corrected chi connectivity index (χ0v) is 15.8. The van der Waals surface area contributed by atoms with Crippen LogP contribution >= 0.6 is 11.6 Å². The molecule has 0 fully saturated rings. The third-order valence-corrected chi connectivity index (χ3v) is 3.67. The highest BCUT2D eigenvalue weighted by Gasteiger charge is 2.11. The molecule has 0 unspecified atom stereocenters. The Balaban J connectivity index is 1.93. The van der Waals surface area contributed by atoms with Gasteiger partial charge >= 0.3 is 11.8 Å². The number of nitrogens with zero attached hydrogens (tertiary/aromatic N) is 1. The highest BCUT2D eigenvalue weighted by atomic mass is 35.5. The van der Waals surface area contributed by atoms with E-state index in [2.05, 4.69) is 21.2 Å². The molecule has 2 aromatic rings. The third-order valence-electron chi connectivity index (χ3n) is 3.34. The van der Waals surface area contributed by atoms with Crippen LogP contribution in [-0.2, 0) is 14.4 Å². The van der Waals surface area contributed by atoms with Gasteiger partial charge in [0, 0.05) is 12.1 Å². The Morgan fingerprint density at radius 1 is 1.07 bits per heavy atom. The van der Waals surface area contributed by atoms with E-state index in [1.807, 2.05) is 0 Å². The largest absolute Gasteiger partial charge is 0.483 e. The summed E-state index contributed by atoms with van der Waals surface area (Å²) in [7, 11) is 0. The summed E-state index contributed by atoms with van der Waals surface area (Å²) >= 11 is 6.00. The van der Waals surface area contributed by atoms with Gasteiger partial charge in [-0.05, 0) is 31.2 Å². The molecule has 0 radical (unpaired) electrons. The molecule has 2 aromatic carbocycles. The van der Waals surface area contributed by atoms with Gasteiger partial charge < -0.3 is 15.4 Å². The van der Waals surface area contributed by atoms with E-state index in [9.17, 15) is 14.4 Å². The first-order valence-corrected chi connectivity index (χ1v) is 8.76. The third kappa shape index (κ3) is 6.40. The Morgan fingerprint density at radius 3 is 2.54 bits per heavy atom. The van der Waals surface area contributed by atoms with Gasteiger partial charge in [0.05, 0.1) is 16.9 Å². The van der Waals surface area contributed by atoms with Gasteiger partial charge in [-0.3, -0.25) is 14.4 Å². The van der Waals surface area contributed by atoms with Crippen LogP contribution in [0.2, 0.25) is 5.02 Å². The molecular weight excluding hydrogens is 384 g/mol. The summed E-state index contributed by atoms with van der Waals surface area (Å²) in [6, 6.07) is 13.7. The highest BCUT2D eigenvalue weighted by molar-refractivity contribution is 6.35. The van der Waals surface area contributed by atoms with Gasteiger partial charge in [0.15, 0.2) is 6.61 Å². The highest BCUT2D eigenvalue weighted by Crippen LogP contribution is 2.20. The van der Waals surface area contributed by atoms with Crippen molar-refractivity contribution in [2.45, 2.75) is 6.92 Å². The number of hydrogen-bond donors (Lipinski definition) is 3. The Labute approximate surface area is 166 Å². The first-order valence-electron chi connectivity index (χ1n) is 8.38. The number of benzene rings is 2. The number of halogens is 1. The number of carbonyl (C=O) groups is 3. The fourth-order valence-electron chi connectivity index (χ4n) is 2.06. The molecular formula is C19H19ClN4O4. The van der Waals surface area contributed by atoms with Crippen LogP contribution in [0.3, 0.4) is 0 Å². The predicted octanol–water partition coefficient (Wildman–Crippen LogP) is 1.94. The molecule has 0 saturated heterocycles. The average molecular weight is 403 g/mol. The summed E-state index contributed by atoms with van der Waals surface area (Å²) in [6.45, 7) is 1.79. The molecule has 0 aliphatic carbocycles. The maximum absolute atomic E-state index is 12.1. The normalized spacial score (nSPS) is 10.4. The molecule has 8 nitrogen and oxygen atoms in total. The van der Waals surface area contributed by atoms with Crippen LogP contribution in [0.25, 0.3) is 0 Å². The summed E-state index contributed by atoms with van der Waals surface area (Å²) in [5.74, 6) is -1.66. The number of carbonyl (C=O) groups excluding carboxylic acids is 3. The maximum atomic E-state index is 12.1. The number of anilines is 1. The number of amides is 3. The van der Waals surface area contributed by atoms with Gasteiger partial charge in [0.2, 0.25) is 0 Å². The number of hydrogen-bond acceptors (Lipinski definition) is 5. The van der Waals surface area contributed by atoms with Crippen molar-refractivity contribution in [3.63, 3.8) is 0 Å². The van der Waals surface area contributed by atoms with Crippen LogP contribution in [0.1, 0.15) is 12.5 Å². The van der Waals surface area contributed by atoms with Crippen LogP contribution in [0, 0.1) is 0 Å². The number of para-hydroxylation sites is 2. The first kappa shape index (κ1) is 20.9. The van der Waals surface area contributed by atoms with Gasteiger partial charge in [-0.1, -0.05) is 35.9 Å². The number of likely N-dealkylation sites (N-methyl/N-ethyl adjacent to an activating group) is 1. The van der Waals surface area contributed by atoms with Crippen LogP contribution in [0.5, 0.6) is 5.75 Å². The van der Waals surface area contributed by atoms with Crippen molar-refractivity contribution in [3.8, 4) is 5.75 Å². The topological polar surface area (TPSA) is 109 Å². The van der Waals surface area contributed by atoms with Gasteiger partial charge in [-0.25, -0.2) is 5.43 Å². The van der Waals surface area contributed by atoms with E-state index in [4.69, 9.17) is 16.3 Å². The minimum atomic E-state index is -0.879. The van der Waals surface area contributed by atoms with Crippen molar-refractivity contribution >= 4 is 41.2 Å². The standard InChI is InChI=1S/C19H19ClN4O4/c1-2-21-18(26)19(27)24-22-11-13-7-3-6-10-16(13)28-12-17(25)23-15-9-5-4-8-14(15)20/h3-11H,2,12H2,1H3,(H,21,26)(H,23,25)(H,24,27)/b22-11-. The number of nitrogens with one attached hydrogen (secondary N) is 3. The molecule has 0 heterocycles. The lowest BCUT2D eigenvalue weighted by molar-refractivity contribution is -0.139. The van der Waals surface area contributed by atoms with Crippen molar-refractivity contribution < 1.29 is 19.1 Å². The van der Waals surface area contributed by atoms with Gasteiger partial charge in [-0.15, -0.1) is 0 Å². The molecule has 0 atom stereocenters. The second-order valence-electron chi connectivity index (χ2n) is 5.41. The average Bonchev–Trinajstić information content (AvgIpc) is 2.69. The van der Waals surface area contributed by atoms with E-state index in [1.165, 1.54) is 6.21 Å². The molecule has 0 aromatic heterocycles. The van der Waals surface area contributed by atoms with E-state index in [0.29, 0.717) is 28.6 Å². The Kier molecular flexibility index (Phi) is 7.98. The van der Waals surface area contributed by atoms with Gasteiger partial charge in [0.1, 0.15) is 5.75 Å². The lowest BCUT2D eigenvalue weighted by atomic mass is 10.2.